The van der Waals surface area contributed by atoms with Crippen LogP contribution in [0.25, 0.3) is 0 Å². The second-order valence-electron chi connectivity index (χ2n) is 5.27. The van der Waals surface area contributed by atoms with E-state index in [-0.39, 0.29) is 12.7 Å². The Kier molecular flexibility index (Phi) is 5.64. The maximum atomic E-state index is 9.85. The second kappa shape index (κ2) is 7.47. The highest BCUT2D eigenvalue weighted by Gasteiger charge is 2.26. The zero-order valence-electron chi connectivity index (χ0n) is 11.8. The van der Waals surface area contributed by atoms with E-state index >= 15 is 0 Å². The lowest BCUT2D eigenvalue weighted by atomic mass is 9.82. The highest BCUT2D eigenvalue weighted by atomic mass is 16.5. The third-order valence-corrected chi connectivity index (χ3v) is 3.52. The molecule has 5 nitrogen and oxygen atoms in total. The van der Waals surface area contributed by atoms with E-state index < -0.39 is 6.10 Å². The van der Waals surface area contributed by atoms with Gasteiger partial charge >= 0.3 is 0 Å². The molecule has 1 aliphatic rings. The van der Waals surface area contributed by atoms with E-state index in [9.17, 15) is 10.2 Å². The van der Waals surface area contributed by atoms with Crippen molar-refractivity contribution in [3.63, 3.8) is 0 Å². The lowest BCUT2D eigenvalue weighted by Crippen LogP contribution is -2.39. The van der Waals surface area contributed by atoms with Gasteiger partial charge in [0.2, 0.25) is 0 Å². The SMILES string of the molecule is COc1ccccc1OCC(O)CNCC1CC(O)C1. The van der Waals surface area contributed by atoms with Crippen LogP contribution < -0.4 is 14.8 Å². The number of ether oxygens (including phenoxy) is 2. The number of para-hydroxylation sites is 2. The van der Waals surface area contributed by atoms with Gasteiger partial charge < -0.3 is 25.0 Å². The van der Waals surface area contributed by atoms with Gasteiger partial charge in [-0.3, -0.25) is 0 Å². The van der Waals surface area contributed by atoms with Crippen molar-refractivity contribution >= 4 is 0 Å². The molecule has 1 saturated carbocycles. The van der Waals surface area contributed by atoms with E-state index in [1.165, 1.54) is 0 Å². The zero-order valence-corrected chi connectivity index (χ0v) is 11.8. The Morgan fingerprint density at radius 1 is 1.30 bits per heavy atom. The molecule has 0 radical (unpaired) electrons. The zero-order chi connectivity index (χ0) is 14.4. The van der Waals surface area contributed by atoms with Crippen molar-refractivity contribution in [2.24, 2.45) is 5.92 Å². The van der Waals surface area contributed by atoms with Crippen molar-refractivity contribution in [2.45, 2.75) is 25.0 Å². The van der Waals surface area contributed by atoms with Gasteiger partial charge in [0.05, 0.1) is 13.2 Å². The number of aliphatic hydroxyl groups is 2. The average molecular weight is 281 g/mol. The molecule has 1 fully saturated rings. The third kappa shape index (κ3) is 4.37. The van der Waals surface area contributed by atoms with Gasteiger partial charge in [0.15, 0.2) is 11.5 Å². The molecular formula is C15H23NO4. The lowest BCUT2D eigenvalue weighted by molar-refractivity contribution is 0.0400. The number of hydrogen-bond acceptors (Lipinski definition) is 5. The van der Waals surface area contributed by atoms with Gasteiger partial charge in [-0.2, -0.15) is 0 Å². The molecule has 2 rings (SSSR count). The second-order valence-corrected chi connectivity index (χ2v) is 5.27. The third-order valence-electron chi connectivity index (χ3n) is 3.52. The van der Waals surface area contributed by atoms with Gasteiger partial charge in [0, 0.05) is 6.54 Å². The van der Waals surface area contributed by atoms with E-state index in [4.69, 9.17) is 9.47 Å². The summed E-state index contributed by atoms with van der Waals surface area (Å²) in [5, 5.41) is 22.2. The van der Waals surface area contributed by atoms with Crippen LogP contribution in [0.3, 0.4) is 0 Å². The summed E-state index contributed by atoms with van der Waals surface area (Å²) < 4.78 is 10.7. The molecule has 3 N–H and O–H groups in total. The van der Waals surface area contributed by atoms with E-state index in [0.717, 1.165) is 19.4 Å². The molecule has 0 heterocycles. The lowest BCUT2D eigenvalue weighted by Gasteiger charge is -2.31. The molecule has 1 atom stereocenters. The molecule has 20 heavy (non-hydrogen) atoms. The number of aliphatic hydroxyl groups excluding tert-OH is 2. The highest BCUT2D eigenvalue weighted by molar-refractivity contribution is 5.39. The molecule has 0 spiro atoms. The van der Waals surface area contributed by atoms with Crippen LogP contribution >= 0.6 is 0 Å². The Balaban J connectivity index is 1.63. The fourth-order valence-corrected chi connectivity index (χ4v) is 2.30. The first-order valence-electron chi connectivity index (χ1n) is 7.01. The van der Waals surface area contributed by atoms with E-state index in [0.29, 0.717) is 24.0 Å². The van der Waals surface area contributed by atoms with E-state index in [1.807, 2.05) is 24.3 Å². The summed E-state index contributed by atoms with van der Waals surface area (Å²) in [6.45, 7) is 1.55. The summed E-state index contributed by atoms with van der Waals surface area (Å²) in [7, 11) is 1.59. The molecule has 0 saturated heterocycles. The molecule has 1 aromatic rings. The van der Waals surface area contributed by atoms with E-state index in [2.05, 4.69) is 5.32 Å². The van der Waals surface area contributed by atoms with Gasteiger partial charge in [-0.25, -0.2) is 0 Å². The average Bonchev–Trinajstić information content (AvgIpc) is 2.43. The number of nitrogens with one attached hydrogen (secondary N) is 1. The normalized spacial score (nSPS) is 22.9. The van der Waals surface area contributed by atoms with Gasteiger partial charge in [0.1, 0.15) is 12.7 Å². The Morgan fingerprint density at radius 3 is 2.65 bits per heavy atom. The standard InChI is InChI=1S/C15H23NO4/c1-19-14-4-2-3-5-15(14)20-10-13(18)9-16-8-11-6-12(17)7-11/h2-5,11-13,16-18H,6-10H2,1H3. The predicted octanol–water partition coefficient (Wildman–Crippen LogP) is 0.795. The smallest absolute Gasteiger partial charge is 0.161 e. The monoisotopic (exact) mass is 281 g/mol. The van der Waals surface area contributed by atoms with Gasteiger partial charge in [0.25, 0.3) is 0 Å². The molecular weight excluding hydrogens is 258 g/mol. The number of benzene rings is 1. The first-order valence-corrected chi connectivity index (χ1v) is 7.01. The number of rotatable bonds is 8. The predicted molar refractivity (Wildman–Crippen MR) is 76.1 cm³/mol. The van der Waals surface area contributed by atoms with Crippen molar-refractivity contribution < 1.29 is 19.7 Å². The molecule has 1 aliphatic carbocycles. The molecule has 1 aromatic carbocycles. The molecule has 1 unspecified atom stereocenters. The maximum Gasteiger partial charge on any atom is 0.161 e. The quantitative estimate of drug-likeness (QED) is 0.657. The summed E-state index contributed by atoms with van der Waals surface area (Å²) in [4.78, 5) is 0. The van der Waals surface area contributed by atoms with Crippen LogP contribution in [0.1, 0.15) is 12.8 Å². The summed E-state index contributed by atoms with van der Waals surface area (Å²) >= 11 is 0. The Labute approximate surface area is 119 Å². The van der Waals surface area contributed by atoms with Crippen molar-refractivity contribution in [2.75, 3.05) is 26.8 Å². The minimum atomic E-state index is -0.565. The fraction of sp³-hybridized carbons (Fsp3) is 0.600. The molecule has 5 heteroatoms. The number of methoxy groups -OCH3 is 1. The maximum absolute atomic E-state index is 9.85. The molecule has 0 amide bonds. The largest absolute Gasteiger partial charge is 0.493 e. The first kappa shape index (κ1) is 15.1. The molecule has 0 bridgehead atoms. The Bertz CT molecular complexity index is 407. The highest BCUT2D eigenvalue weighted by Crippen LogP contribution is 2.26. The molecule has 0 aromatic heterocycles. The Morgan fingerprint density at radius 2 is 2.00 bits per heavy atom. The molecule has 0 aliphatic heterocycles. The van der Waals surface area contributed by atoms with Crippen LogP contribution in [0, 0.1) is 5.92 Å². The van der Waals surface area contributed by atoms with Crippen molar-refractivity contribution in [3.8, 4) is 11.5 Å². The topological polar surface area (TPSA) is 71.0 Å². The number of hydrogen-bond donors (Lipinski definition) is 3. The summed E-state index contributed by atoms with van der Waals surface area (Å²) in [5.41, 5.74) is 0. The molecule has 112 valence electrons. The minimum absolute atomic E-state index is 0.124. The summed E-state index contributed by atoms with van der Waals surface area (Å²) in [5.74, 6) is 1.83. The van der Waals surface area contributed by atoms with Crippen LogP contribution in [-0.4, -0.2) is 49.2 Å². The van der Waals surface area contributed by atoms with Crippen molar-refractivity contribution in [1.29, 1.82) is 0 Å². The fourth-order valence-electron chi connectivity index (χ4n) is 2.30. The minimum Gasteiger partial charge on any atom is -0.493 e. The van der Waals surface area contributed by atoms with Crippen LogP contribution in [0.2, 0.25) is 0 Å². The van der Waals surface area contributed by atoms with Gasteiger partial charge in [-0.1, -0.05) is 12.1 Å². The first-order chi connectivity index (χ1) is 9.69. The van der Waals surface area contributed by atoms with Crippen LogP contribution in [0.4, 0.5) is 0 Å². The van der Waals surface area contributed by atoms with E-state index in [1.54, 1.807) is 7.11 Å². The van der Waals surface area contributed by atoms with Gasteiger partial charge in [-0.15, -0.1) is 0 Å². The summed E-state index contributed by atoms with van der Waals surface area (Å²) in [6.07, 6.45) is 1.03. The van der Waals surface area contributed by atoms with Crippen molar-refractivity contribution in [3.05, 3.63) is 24.3 Å². The van der Waals surface area contributed by atoms with Crippen LogP contribution in [0.15, 0.2) is 24.3 Å². The van der Waals surface area contributed by atoms with Crippen molar-refractivity contribution in [1.82, 2.24) is 5.32 Å². The van der Waals surface area contributed by atoms with Crippen LogP contribution in [0.5, 0.6) is 11.5 Å². The summed E-state index contributed by atoms with van der Waals surface area (Å²) in [6, 6.07) is 7.37. The van der Waals surface area contributed by atoms with Crippen LogP contribution in [-0.2, 0) is 0 Å². The van der Waals surface area contributed by atoms with Gasteiger partial charge in [-0.05, 0) is 37.4 Å². The Hall–Kier alpha value is -1.30.